The van der Waals surface area contributed by atoms with E-state index in [2.05, 4.69) is 15.7 Å². The normalized spacial score (nSPS) is 12.5. The largest absolute Gasteiger partial charge is 0.323 e. The first-order chi connectivity index (χ1) is 7.58. The van der Waals surface area contributed by atoms with E-state index in [9.17, 15) is 4.79 Å². The molecule has 1 heterocycles. The van der Waals surface area contributed by atoms with Crippen LogP contribution >= 0.6 is 0 Å². The number of nitrogens with one attached hydrogen (secondary N) is 2. The number of aromatic nitrogens is 2. The number of amides is 1. The minimum atomic E-state index is -0.0464. The average Bonchev–Trinajstić information content (AvgIpc) is 2.59. The van der Waals surface area contributed by atoms with E-state index in [-0.39, 0.29) is 11.8 Å². The first-order valence-corrected chi connectivity index (χ1v) is 5.56. The Morgan fingerprint density at radius 3 is 2.88 bits per heavy atom. The Kier molecular flexibility index (Phi) is 4.49. The van der Waals surface area contributed by atoms with Crippen LogP contribution in [0, 0.1) is 5.92 Å². The van der Waals surface area contributed by atoms with E-state index in [1.807, 2.05) is 34.1 Å². The molecule has 0 spiro atoms. The highest BCUT2D eigenvalue weighted by Crippen LogP contribution is 2.14. The first-order valence-electron chi connectivity index (χ1n) is 5.56. The van der Waals surface area contributed by atoms with Gasteiger partial charge in [-0.25, -0.2) is 0 Å². The van der Waals surface area contributed by atoms with Gasteiger partial charge in [-0.15, -0.1) is 0 Å². The molecule has 1 amide bonds. The minimum Gasteiger partial charge on any atom is -0.323 e. The van der Waals surface area contributed by atoms with Gasteiger partial charge in [0.05, 0.1) is 11.4 Å². The maximum Gasteiger partial charge on any atom is 0.228 e. The molecule has 0 bridgehead atoms. The van der Waals surface area contributed by atoms with Gasteiger partial charge in [0.15, 0.2) is 0 Å². The van der Waals surface area contributed by atoms with Crippen molar-refractivity contribution in [3.8, 4) is 0 Å². The Balaban J connectivity index is 2.68. The molecule has 0 aliphatic rings. The van der Waals surface area contributed by atoms with Gasteiger partial charge in [0.1, 0.15) is 0 Å². The molecule has 1 rings (SSSR count). The summed E-state index contributed by atoms with van der Waals surface area (Å²) in [5, 5.41) is 10.2. The number of anilines is 1. The van der Waals surface area contributed by atoms with Crippen molar-refractivity contribution in [2.24, 2.45) is 13.0 Å². The lowest BCUT2D eigenvalue weighted by Crippen LogP contribution is -2.28. The van der Waals surface area contributed by atoms with Gasteiger partial charge >= 0.3 is 0 Å². The van der Waals surface area contributed by atoms with E-state index in [0.717, 1.165) is 17.8 Å². The minimum absolute atomic E-state index is 0.0250. The Morgan fingerprint density at radius 1 is 1.62 bits per heavy atom. The van der Waals surface area contributed by atoms with Gasteiger partial charge in [0.2, 0.25) is 5.91 Å². The van der Waals surface area contributed by atoms with Crippen LogP contribution in [0.2, 0.25) is 0 Å². The second-order valence-electron chi connectivity index (χ2n) is 3.96. The van der Waals surface area contributed by atoms with Gasteiger partial charge in [-0.2, -0.15) is 5.10 Å². The molecule has 0 fully saturated rings. The smallest absolute Gasteiger partial charge is 0.228 e. The Labute approximate surface area is 96.2 Å². The van der Waals surface area contributed by atoms with E-state index in [0.29, 0.717) is 6.54 Å². The summed E-state index contributed by atoms with van der Waals surface area (Å²) in [6, 6.07) is 0. The molecule has 5 heteroatoms. The maximum atomic E-state index is 11.8. The highest BCUT2D eigenvalue weighted by Gasteiger charge is 2.14. The van der Waals surface area contributed by atoms with E-state index in [1.54, 1.807) is 4.68 Å². The Morgan fingerprint density at radius 2 is 2.31 bits per heavy atom. The molecule has 0 aliphatic carbocycles. The number of aryl methyl sites for hydroxylation is 2. The summed E-state index contributed by atoms with van der Waals surface area (Å²) in [5.41, 5.74) is 1.74. The van der Waals surface area contributed by atoms with Crippen molar-refractivity contribution in [1.29, 1.82) is 0 Å². The summed E-state index contributed by atoms with van der Waals surface area (Å²) in [7, 11) is 3.69. The zero-order valence-electron chi connectivity index (χ0n) is 10.4. The fraction of sp³-hybridized carbons (Fsp3) is 0.636. The van der Waals surface area contributed by atoms with Crippen molar-refractivity contribution in [2.45, 2.75) is 20.3 Å². The molecule has 5 nitrogen and oxygen atoms in total. The second-order valence-corrected chi connectivity index (χ2v) is 3.96. The SMILES string of the molecule is CCc1nn(C)cc1NC(=O)C(C)CNC. The monoisotopic (exact) mass is 224 g/mol. The zero-order valence-corrected chi connectivity index (χ0v) is 10.4. The molecule has 1 atom stereocenters. The van der Waals surface area contributed by atoms with Gasteiger partial charge in [0, 0.05) is 25.7 Å². The van der Waals surface area contributed by atoms with Crippen molar-refractivity contribution in [2.75, 3.05) is 18.9 Å². The predicted octanol–water partition coefficient (Wildman–Crippen LogP) is 0.776. The summed E-state index contributed by atoms with van der Waals surface area (Å²) < 4.78 is 1.72. The van der Waals surface area contributed by atoms with Crippen LogP contribution in [0.25, 0.3) is 0 Å². The summed E-state index contributed by atoms with van der Waals surface area (Å²) >= 11 is 0. The molecule has 2 N–H and O–H groups in total. The lowest BCUT2D eigenvalue weighted by atomic mass is 10.1. The van der Waals surface area contributed by atoms with E-state index < -0.39 is 0 Å². The third kappa shape index (κ3) is 3.06. The molecule has 1 aromatic heterocycles. The number of hydrogen-bond donors (Lipinski definition) is 2. The fourth-order valence-electron chi connectivity index (χ4n) is 1.55. The standard InChI is InChI=1S/C11H20N4O/c1-5-9-10(7-15(4)14-9)13-11(16)8(2)6-12-3/h7-8,12H,5-6H2,1-4H3,(H,13,16). The van der Waals surface area contributed by atoms with Crippen LogP contribution in [0.4, 0.5) is 5.69 Å². The number of carbonyl (C=O) groups is 1. The van der Waals surface area contributed by atoms with E-state index in [4.69, 9.17) is 0 Å². The van der Waals surface area contributed by atoms with Crippen LogP contribution < -0.4 is 10.6 Å². The number of hydrogen-bond acceptors (Lipinski definition) is 3. The highest BCUT2D eigenvalue weighted by molar-refractivity contribution is 5.92. The molecule has 1 unspecified atom stereocenters. The zero-order chi connectivity index (χ0) is 12.1. The molecular formula is C11H20N4O. The first kappa shape index (κ1) is 12.7. The van der Waals surface area contributed by atoms with E-state index in [1.165, 1.54) is 0 Å². The summed E-state index contributed by atoms with van der Waals surface area (Å²) in [4.78, 5) is 11.8. The van der Waals surface area contributed by atoms with Crippen LogP contribution in [0.5, 0.6) is 0 Å². The molecule has 0 radical (unpaired) electrons. The van der Waals surface area contributed by atoms with Gasteiger partial charge < -0.3 is 10.6 Å². The molecule has 16 heavy (non-hydrogen) atoms. The Hall–Kier alpha value is -1.36. The summed E-state index contributed by atoms with van der Waals surface area (Å²) in [6.07, 6.45) is 2.65. The molecule has 0 aromatic carbocycles. The van der Waals surface area contributed by atoms with Crippen molar-refractivity contribution in [1.82, 2.24) is 15.1 Å². The van der Waals surface area contributed by atoms with Gasteiger partial charge in [0.25, 0.3) is 0 Å². The third-order valence-electron chi connectivity index (χ3n) is 2.46. The van der Waals surface area contributed by atoms with Gasteiger partial charge in [-0.3, -0.25) is 9.48 Å². The molecular weight excluding hydrogens is 204 g/mol. The predicted molar refractivity (Wildman–Crippen MR) is 64.3 cm³/mol. The van der Waals surface area contributed by atoms with Crippen LogP contribution in [-0.4, -0.2) is 29.3 Å². The van der Waals surface area contributed by atoms with Gasteiger partial charge in [-0.1, -0.05) is 13.8 Å². The topological polar surface area (TPSA) is 59.0 Å². The molecule has 0 saturated heterocycles. The lowest BCUT2D eigenvalue weighted by Gasteiger charge is -2.10. The molecule has 90 valence electrons. The van der Waals surface area contributed by atoms with Crippen LogP contribution in [0.3, 0.4) is 0 Å². The number of nitrogens with zero attached hydrogens (tertiary/aromatic N) is 2. The lowest BCUT2D eigenvalue weighted by molar-refractivity contribution is -0.119. The molecule has 1 aromatic rings. The summed E-state index contributed by atoms with van der Waals surface area (Å²) in [6.45, 7) is 4.59. The van der Waals surface area contributed by atoms with Crippen LogP contribution in [-0.2, 0) is 18.3 Å². The maximum absolute atomic E-state index is 11.8. The molecule has 0 saturated carbocycles. The quantitative estimate of drug-likeness (QED) is 0.777. The van der Waals surface area contributed by atoms with Crippen molar-refractivity contribution in [3.05, 3.63) is 11.9 Å². The van der Waals surface area contributed by atoms with Crippen molar-refractivity contribution in [3.63, 3.8) is 0 Å². The number of rotatable bonds is 5. The second kappa shape index (κ2) is 5.65. The van der Waals surface area contributed by atoms with Gasteiger partial charge in [-0.05, 0) is 13.5 Å². The van der Waals surface area contributed by atoms with E-state index >= 15 is 0 Å². The highest BCUT2D eigenvalue weighted by atomic mass is 16.1. The van der Waals surface area contributed by atoms with Crippen LogP contribution in [0.1, 0.15) is 19.5 Å². The fourth-order valence-corrected chi connectivity index (χ4v) is 1.55. The van der Waals surface area contributed by atoms with Crippen LogP contribution in [0.15, 0.2) is 6.20 Å². The number of carbonyl (C=O) groups excluding carboxylic acids is 1. The Bertz CT molecular complexity index is 359. The third-order valence-corrected chi connectivity index (χ3v) is 2.46. The average molecular weight is 224 g/mol. The summed E-state index contributed by atoms with van der Waals surface area (Å²) in [5.74, 6) is -0.0213. The molecule has 0 aliphatic heterocycles. The van der Waals surface area contributed by atoms with Crippen molar-refractivity contribution >= 4 is 11.6 Å². The van der Waals surface area contributed by atoms with Crippen molar-refractivity contribution < 1.29 is 4.79 Å².